The SMILES string of the molecule is CO[C@H]1[C@@H](OC(C)=O)[C@@H](OC(C)=O)[C@@H](OC(C)=O)[C@H](OC(C)=O)[C@H]1OC(C)=O. The van der Waals surface area contributed by atoms with Crippen molar-refractivity contribution in [2.75, 3.05) is 7.11 Å². The molecule has 1 rings (SSSR count). The van der Waals surface area contributed by atoms with Crippen molar-refractivity contribution in [3.8, 4) is 0 Å². The van der Waals surface area contributed by atoms with Gasteiger partial charge in [0.25, 0.3) is 0 Å². The zero-order valence-electron chi connectivity index (χ0n) is 16.5. The molecule has 6 atom stereocenters. The van der Waals surface area contributed by atoms with Crippen LogP contribution in [0.3, 0.4) is 0 Å². The van der Waals surface area contributed by atoms with E-state index in [9.17, 15) is 24.0 Å². The Labute approximate surface area is 161 Å². The lowest BCUT2D eigenvalue weighted by Crippen LogP contribution is -2.68. The Morgan fingerprint density at radius 2 is 0.607 bits per heavy atom. The Kier molecular flexibility index (Phi) is 8.35. The van der Waals surface area contributed by atoms with E-state index in [1.165, 1.54) is 7.11 Å². The molecule has 0 aromatic carbocycles. The molecule has 1 fully saturated rings. The number of hydrogen-bond donors (Lipinski definition) is 0. The molecule has 0 amide bonds. The number of esters is 5. The monoisotopic (exact) mass is 404 g/mol. The van der Waals surface area contributed by atoms with Crippen LogP contribution in [-0.4, -0.2) is 73.6 Å². The maximum atomic E-state index is 11.6. The Bertz CT molecular complexity index is 585. The molecular formula is C17H24O11. The van der Waals surface area contributed by atoms with Crippen molar-refractivity contribution in [3.63, 3.8) is 0 Å². The molecule has 0 spiro atoms. The first kappa shape index (κ1) is 23.3. The van der Waals surface area contributed by atoms with Crippen LogP contribution in [0.1, 0.15) is 34.6 Å². The van der Waals surface area contributed by atoms with E-state index in [2.05, 4.69) is 0 Å². The highest BCUT2D eigenvalue weighted by molar-refractivity contribution is 5.70. The highest BCUT2D eigenvalue weighted by Crippen LogP contribution is 2.34. The van der Waals surface area contributed by atoms with Crippen molar-refractivity contribution >= 4 is 29.8 Å². The minimum atomic E-state index is -1.43. The van der Waals surface area contributed by atoms with Gasteiger partial charge in [-0.25, -0.2) is 0 Å². The van der Waals surface area contributed by atoms with Gasteiger partial charge in [-0.1, -0.05) is 0 Å². The van der Waals surface area contributed by atoms with Gasteiger partial charge in [0.05, 0.1) is 0 Å². The van der Waals surface area contributed by atoms with E-state index in [1.54, 1.807) is 0 Å². The van der Waals surface area contributed by atoms with E-state index >= 15 is 0 Å². The lowest BCUT2D eigenvalue weighted by Gasteiger charge is -2.46. The van der Waals surface area contributed by atoms with Crippen molar-refractivity contribution in [1.29, 1.82) is 0 Å². The average molecular weight is 404 g/mol. The Hall–Kier alpha value is -2.69. The van der Waals surface area contributed by atoms with Gasteiger partial charge >= 0.3 is 29.8 Å². The summed E-state index contributed by atoms with van der Waals surface area (Å²) in [5.41, 5.74) is 0. The number of methoxy groups -OCH3 is 1. The third kappa shape index (κ3) is 6.19. The van der Waals surface area contributed by atoms with Gasteiger partial charge in [0, 0.05) is 41.7 Å². The van der Waals surface area contributed by atoms with Gasteiger partial charge in [-0.3, -0.25) is 24.0 Å². The van der Waals surface area contributed by atoms with Crippen LogP contribution in [0, 0.1) is 0 Å². The Balaban J connectivity index is 3.54. The molecule has 158 valence electrons. The topological polar surface area (TPSA) is 141 Å². The fourth-order valence-electron chi connectivity index (χ4n) is 3.02. The predicted octanol–water partition coefficient (Wildman–Crippen LogP) is -0.326. The second-order valence-electron chi connectivity index (χ2n) is 6.07. The molecule has 0 N–H and O–H groups in total. The van der Waals surface area contributed by atoms with Crippen molar-refractivity contribution in [1.82, 2.24) is 0 Å². The summed E-state index contributed by atoms with van der Waals surface area (Å²) in [6.45, 7) is 5.49. The zero-order valence-corrected chi connectivity index (χ0v) is 16.5. The summed E-state index contributed by atoms with van der Waals surface area (Å²) in [6.07, 6.45) is -8.00. The first-order chi connectivity index (χ1) is 13.0. The molecule has 11 heteroatoms. The summed E-state index contributed by atoms with van der Waals surface area (Å²) in [7, 11) is 1.24. The Morgan fingerprint density at radius 1 is 0.429 bits per heavy atom. The summed E-state index contributed by atoms with van der Waals surface area (Å²) in [4.78, 5) is 58.1. The summed E-state index contributed by atoms with van der Waals surface area (Å²) < 4.78 is 31.4. The van der Waals surface area contributed by atoms with Gasteiger partial charge in [-0.05, 0) is 0 Å². The minimum absolute atomic E-state index is 0.752. The number of rotatable bonds is 6. The van der Waals surface area contributed by atoms with E-state index in [1.807, 2.05) is 0 Å². The largest absolute Gasteiger partial charge is 0.455 e. The number of hydrogen-bond acceptors (Lipinski definition) is 11. The summed E-state index contributed by atoms with van der Waals surface area (Å²) in [6, 6.07) is 0. The van der Waals surface area contributed by atoms with Crippen molar-refractivity contribution in [2.24, 2.45) is 0 Å². The summed E-state index contributed by atoms with van der Waals surface area (Å²) in [5.74, 6) is -3.85. The molecule has 1 aliphatic carbocycles. The van der Waals surface area contributed by atoms with E-state index in [-0.39, 0.29) is 0 Å². The van der Waals surface area contributed by atoms with Crippen molar-refractivity contribution in [3.05, 3.63) is 0 Å². The van der Waals surface area contributed by atoms with Gasteiger partial charge in [0.15, 0.2) is 30.5 Å². The molecule has 0 aromatic rings. The maximum absolute atomic E-state index is 11.6. The third-order valence-electron chi connectivity index (χ3n) is 3.73. The van der Waals surface area contributed by atoms with Crippen molar-refractivity contribution in [2.45, 2.75) is 71.2 Å². The molecule has 0 unspecified atom stereocenters. The first-order valence-electron chi connectivity index (χ1n) is 8.36. The molecule has 0 aliphatic heterocycles. The molecule has 1 saturated carbocycles. The molecule has 0 bridgehead atoms. The van der Waals surface area contributed by atoms with Crippen LogP contribution in [-0.2, 0) is 52.4 Å². The molecule has 0 aromatic heterocycles. The average Bonchev–Trinajstić information content (AvgIpc) is 2.52. The fraction of sp³-hybridized carbons (Fsp3) is 0.706. The first-order valence-corrected chi connectivity index (χ1v) is 8.36. The van der Waals surface area contributed by atoms with Crippen LogP contribution in [0.15, 0.2) is 0 Å². The van der Waals surface area contributed by atoms with Crippen LogP contribution < -0.4 is 0 Å². The lowest BCUT2D eigenvalue weighted by atomic mass is 9.83. The molecular weight excluding hydrogens is 380 g/mol. The van der Waals surface area contributed by atoms with Gasteiger partial charge in [-0.2, -0.15) is 0 Å². The molecule has 0 radical (unpaired) electrons. The predicted molar refractivity (Wildman–Crippen MR) is 88.6 cm³/mol. The standard InChI is InChI=1S/C17H24O11/c1-7(18)24-13-12(23-6)14(25-8(2)19)16(27-10(4)21)17(28-11(5)22)15(13)26-9(3)20/h12-17H,1-6H3/t12-,13+,14-,15-,16-,17+/m1/s1. The van der Waals surface area contributed by atoms with Crippen molar-refractivity contribution < 1.29 is 52.4 Å². The smallest absolute Gasteiger partial charge is 0.303 e. The van der Waals surface area contributed by atoms with Crippen LogP contribution >= 0.6 is 0 Å². The van der Waals surface area contributed by atoms with E-state index in [0.29, 0.717) is 0 Å². The third-order valence-corrected chi connectivity index (χ3v) is 3.73. The second-order valence-corrected chi connectivity index (χ2v) is 6.07. The highest BCUT2D eigenvalue weighted by atomic mass is 16.7. The fourth-order valence-corrected chi connectivity index (χ4v) is 3.02. The highest BCUT2D eigenvalue weighted by Gasteiger charge is 2.59. The summed E-state index contributed by atoms with van der Waals surface area (Å²) in [5, 5.41) is 0. The minimum Gasteiger partial charge on any atom is -0.455 e. The van der Waals surface area contributed by atoms with Crippen LogP contribution in [0.25, 0.3) is 0 Å². The molecule has 0 heterocycles. The van der Waals surface area contributed by atoms with E-state index < -0.39 is 66.5 Å². The number of carbonyl (C=O) groups is 5. The molecule has 1 aliphatic rings. The number of carbonyl (C=O) groups excluding carboxylic acids is 5. The van der Waals surface area contributed by atoms with E-state index in [0.717, 1.165) is 34.6 Å². The van der Waals surface area contributed by atoms with Gasteiger partial charge < -0.3 is 28.4 Å². The van der Waals surface area contributed by atoms with Gasteiger partial charge in [0.1, 0.15) is 6.10 Å². The van der Waals surface area contributed by atoms with E-state index in [4.69, 9.17) is 28.4 Å². The van der Waals surface area contributed by atoms with Gasteiger partial charge in [-0.15, -0.1) is 0 Å². The second kappa shape index (κ2) is 10.0. The summed E-state index contributed by atoms with van der Waals surface area (Å²) >= 11 is 0. The molecule has 28 heavy (non-hydrogen) atoms. The Morgan fingerprint density at radius 3 is 0.750 bits per heavy atom. The normalized spacial score (nSPS) is 29.2. The van der Waals surface area contributed by atoms with Gasteiger partial charge in [0.2, 0.25) is 0 Å². The molecule has 0 saturated heterocycles. The van der Waals surface area contributed by atoms with Crippen LogP contribution in [0.5, 0.6) is 0 Å². The van der Waals surface area contributed by atoms with Crippen LogP contribution in [0.2, 0.25) is 0 Å². The zero-order chi connectivity index (χ0) is 21.6. The number of ether oxygens (including phenoxy) is 6. The maximum Gasteiger partial charge on any atom is 0.303 e. The molecule has 11 nitrogen and oxygen atoms in total. The quantitative estimate of drug-likeness (QED) is 0.424. The lowest BCUT2D eigenvalue weighted by molar-refractivity contribution is -0.259. The van der Waals surface area contributed by atoms with Crippen LogP contribution in [0.4, 0.5) is 0 Å².